The van der Waals surface area contributed by atoms with E-state index in [1.807, 2.05) is 31.2 Å². The monoisotopic (exact) mass is 270 g/mol. The molecule has 2 rings (SSSR count). The summed E-state index contributed by atoms with van der Waals surface area (Å²) in [5.41, 5.74) is 14.1. The van der Waals surface area contributed by atoms with E-state index in [2.05, 4.69) is 10.2 Å². The number of nitrogens with zero attached hydrogens (tertiary/aromatic N) is 2. The van der Waals surface area contributed by atoms with Gasteiger partial charge in [0.1, 0.15) is 5.82 Å². The van der Waals surface area contributed by atoms with E-state index >= 15 is 0 Å². The van der Waals surface area contributed by atoms with Crippen LogP contribution in [-0.2, 0) is 0 Å². The van der Waals surface area contributed by atoms with Crippen LogP contribution >= 0.6 is 0 Å². The van der Waals surface area contributed by atoms with Gasteiger partial charge < -0.3 is 11.5 Å². The Morgan fingerprint density at radius 2 is 1.80 bits per heavy atom. The first-order valence-electron chi connectivity index (χ1n) is 6.05. The Labute approximate surface area is 116 Å². The fraction of sp³-hybridized carbons (Fsp3) is 0.0667. The molecule has 0 radical (unpaired) electrons. The van der Waals surface area contributed by atoms with Crippen LogP contribution in [0, 0.1) is 12.7 Å². The zero-order valence-electron chi connectivity index (χ0n) is 11.0. The Morgan fingerprint density at radius 3 is 2.40 bits per heavy atom. The molecule has 0 saturated carbocycles. The molecule has 0 bridgehead atoms. The summed E-state index contributed by atoms with van der Waals surface area (Å²) in [6.07, 6.45) is 1.56. The summed E-state index contributed by atoms with van der Waals surface area (Å²) >= 11 is 0. The van der Waals surface area contributed by atoms with Crippen molar-refractivity contribution < 1.29 is 4.39 Å². The normalized spacial score (nSPS) is 10.7. The Balaban J connectivity index is 2.24. The molecule has 2 aromatic rings. The van der Waals surface area contributed by atoms with Crippen molar-refractivity contribution in [3.05, 3.63) is 59.4 Å². The van der Waals surface area contributed by atoms with Gasteiger partial charge in [-0.1, -0.05) is 30.3 Å². The smallest absolute Gasteiger partial charge is 0.211 e. The van der Waals surface area contributed by atoms with Crippen LogP contribution in [0.1, 0.15) is 11.1 Å². The molecule has 0 aromatic heterocycles. The molecule has 0 aliphatic rings. The molecular formula is C15H15FN4. The maximum absolute atomic E-state index is 13.1. The highest BCUT2D eigenvalue weighted by Gasteiger charge is 2.02. The van der Waals surface area contributed by atoms with E-state index in [-0.39, 0.29) is 11.8 Å². The molecular weight excluding hydrogens is 255 g/mol. The van der Waals surface area contributed by atoms with Crippen LogP contribution in [-0.4, -0.2) is 12.2 Å². The second-order valence-electron chi connectivity index (χ2n) is 4.35. The first-order chi connectivity index (χ1) is 9.56. The fourth-order valence-corrected chi connectivity index (χ4v) is 1.86. The van der Waals surface area contributed by atoms with Crippen LogP contribution in [0.5, 0.6) is 0 Å². The summed E-state index contributed by atoms with van der Waals surface area (Å²) in [7, 11) is 0. The molecule has 4 N–H and O–H groups in total. The fourth-order valence-electron chi connectivity index (χ4n) is 1.86. The van der Waals surface area contributed by atoms with Gasteiger partial charge in [-0.15, -0.1) is 5.10 Å². The number of hydrogen-bond donors (Lipinski definition) is 2. The molecule has 0 fully saturated rings. The molecule has 2 aromatic carbocycles. The van der Waals surface area contributed by atoms with Crippen LogP contribution in [0.15, 0.2) is 52.7 Å². The van der Waals surface area contributed by atoms with Crippen molar-refractivity contribution in [3.63, 3.8) is 0 Å². The van der Waals surface area contributed by atoms with Gasteiger partial charge in [0.15, 0.2) is 0 Å². The van der Waals surface area contributed by atoms with E-state index in [4.69, 9.17) is 11.5 Å². The average molecular weight is 270 g/mol. The molecule has 0 amide bonds. The number of hydrogen-bond acceptors (Lipinski definition) is 2. The molecule has 0 atom stereocenters. The molecule has 102 valence electrons. The molecule has 4 nitrogen and oxygen atoms in total. The minimum absolute atomic E-state index is 0.0835. The van der Waals surface area contributed by atoms with E-state index in [0.29, 0.717) is 0 Å². The number of guanidine groups is 1. The van der Waals surface area contributed by atoms with Gasteiger partial charge in [-0.25, -0.2) is 4.39 Å². The number of rotatable bonds is 3. The number of benzene rings is 2. The maximum atomic E-state index is 13.1. The summed E-state index contributed by atoms with van der Waals surface area (Å²) in [5, 5.41) is 7.26. The summed E-state index contributed by atoms with van der Waals surface area (Å²) < 4.78 is 13.1. The van der Waals surface area contributed by atoms with Gasteiger partial charge in [-0.2, -0.15) is 5.10 Å². The minimum Gasteiger partial charge on any atom is -0.369 e. The zero-order chi connectivity index (χ0) is 14.5. The summed E-state index contributed by atoms with van der Waals surface area (Å²) in [6, 6.07) is 12.4. The van der Waals surface area contributed by atoms with Gasteiger partial charge in [0.2, 0.25) is 5.96 Å². The second-order valence-corrected chi connectivity index (χ2v) is 4.35. The largest absolute Gasteiger partial charge is 0.369 e. The van der Waals surface area contributed by atoms with Crippen molar-refractivity contribution in [1.82, 2.24) is 0 Å². The minimum atomic E-state index is -0.229. The van der Waals surface area contributed by atoms with Crippen molar-refractivity contribution in [2.24, 2.45) is 21.7 Å². The third kappa shape index (κ3) is 3.41. The maximum Gasteiger partial charge on any atom is 0.211 e. The molecule has 0 aliphatic carbocycles. The molecule has 0 saturated heterocycles. The van der Waals surface area contributed by atoms with Crippen molar-refractivity contribution in [2.75, 3.05) is 0 Å². The quantitative estimate of drug-likeness (QED) is 0.510. The van der Waals surface area contributed by atoms with Crippen LogP contribution in [0.2, 0.25) is 0 Å². The lowest BCUT2D eigenvalue weighted by molar-refractivity contribution is 0.627. The lowest BCUT2D eigenvalue weighted by Crippen LogP contribution is -2.21. The Kier molecular flexibility index (Phi) is 4.10. The van der Waals surface area contributed by atoms with Gasteiger partial charge in [0.05, 0.1) is 6.21 Å². The van der Waals surface area contributed by atoms with E-state index in [1.165, 1.54) is 12.1 Å². The van der Waals surface area contributed by atoms with Gasteiger partial charge in [-0.05, 0) is 41.3 Å². The number of halogens is 1. The van der Waals surface area contributed by atoms with Crippen molar-refractivity contribution in [2.45, 2.75) is 6.92 Å². The Hall–Kier alpha value is -2.69. The topological polar surface area (TPSA) is 76.8 Å². The van der Waals surface area contributed by atoms with Crippen LogP contribution in [0.4, 0.5) is 4.39 Å². The van der Waals surface area contributed by atoms with Gasteiger partial charge in [0, 0.05) is 0 Å². The first-order valence-corrected chi connectivity index (χ1v) is 6.05. The van der Waals surface area contributed by atoms with Crippen molar-refractivity contribution >= 4 is 12.2 Å². The predicted octanol–water partition coefficient (Wildman–Crippen LogP) is 2.41. The molecule has 0 heterocycles. The summed E-state index contributed by atoms with van der Waals surface area (Å²) in [6.45, 7) is 1.88. The van der Waals surface area contributed by atoms with Crippen molar-refractivity contribution in [3.8, 4) is 11.1 Å². The molecule has 20 heavy (non-hydrogen) atoms. The highest BCUT2D eigenvalue weighted by atomic mass is 19.1. The van der Waals surface area contributed by atoms with E-state index < -0.39 is 0 Å². The lowest BCUT2D eigenvalue weighted by atomic mass is 9.99. The van der Waals surface area contributed by atoms with Crippen molar-refractivity contribution in [1.29, 1.82) is 0 Å². The SMILES string of the molecule is Cc1cc(F)ccc1-c1ccc(C=NN=C(N)N)cc1. The zero-order valence-corrected chi connectivity index (χ0v) is 11.0. The highest BCUT2D eigenvalue weighted by molar-refractivity contribution is 5.82. The van der Waals surface area contributed by atoms with Crippen LogP contribution < -0.4 is 11.5 Å². The standard InChI is InChI=1S/C15H15FN4/c1-10-8-13(16)6-7-14(10)12-4-2-11(3-5-12)9-19-20-15(17)18/h2-9H,1H3,(H4,17,18,20). The van der Waals surface area contributed by atoms with Crippen LogP contribution in [0.25, 0.3) is 11.1 Å². The predicted molar refractivity (Wildman–Crippen MR) is 80.0 cm³/mol. The lowest BCUT2D eigenvalue weighted by Gasteiger charge is -2.06. The second kappa shape index (κ2) is 5.97. The average Bonchev–Trinajstić information content (AvgIpc) is 2.39. The van der Waals surface area contributed by atoms with E-state index in [1.54, 1.807) is 12.3 Å². The van der Waals surface area contributed by atoms with E-state index in [0.717, 1.165) is 22.3 Å². The number of nitrogens with two attached hydrogens (primary N) is 2. The summed E-state index contributed by atoms with van der Waals surface area (Å²) in [5.74, 6) is -0.313. The molecule has 0 unspecified atom stereocenters. The van der Waals surface area contributed by atoms with E-state index in [9.17, 15) is 4.39 Å². The molecule has 0 aliphatic heterocycles. The highest BCUT2D eigenvalue weighted by Crippen LogP contribution is 2.24. The van der Waals surface area contributed by atoms with Gasteiger partial charge in [0.25, 0.3) is 0 Å². The summed E-state index contributed by atoms with van der Waals surface area (Å²) in [4.78, 5) is 0. The molecule has 0 spiro atoms. The first kappa shape index (κ1) is 13.7. The third-order valence-corrected chi connectivity index (χ3v) is 2.79. The Morgan fingerprint density at radius 1 is 1.10 bits per heavy atom. The number of aryl methyl sites for hydroxylation is 1. The van der Waals surface area contributed by atoms with Gasteiger partial charge in [-0.3, -0.25) is 0 Å². The molecule has 5 heteroatoms. The third-order valence-electron chi connectivity index (χ3n) is 2.79. The van der Waals surface area contributed by atoms with Crippen LogP contribution in [0.3, 0.4) is 0 Å². The van der Waals surface area contributed by atoms with Gasteiger partial charge >= 0.3 is 0 Å². The Bertz CT molecular complexity index is 656.